The van der Waals surface area contributed by atoms with Crippen LogP contribution in [0.4, 0.5) is 0 Å². The highest BCUT2D eigenvalue weighted by atomic mass is 15.3. The molecule has 0 amide bonds. The van der Waals surface area contributed by atoms with Crippen molar-refractivity contribution < 1.29 is 0 Å². The van der Waals surface area contributed by atoms with Crippen LogP contribution in [0, 0.1) is 0 Å². The maximum absolute atomic E-state index is 5.78. The van der Waals surface area contributed by atoms with Gasteiger partial charge < -0.3 is 5.73 Å². The van der Waals surface area contributed by atoms with Crippen molar-refractivity contribution in [2.45, 2.75) is 32.9 Å². The molecular weight excluding hydrogens is 188 g/mol. The van der Waals surface area contributed by atoms with Crippen molar-refractivity contribution in [2.75, 3.05) is 0 Å². The zero-order valence-electron chi connectivity index (χ0n) is 9.14. The number of nitrogens with two attached hydrogens (primary N) is 1. The van der Waals surface area contributed by atoms with Crippen molar-refractivity contribution in [2.24, 2.45) is 5.73 Å². The van der Waals surface area contributed by atoms with E-state index in [0.717, 1.165) is 29.6 Å². The second-order valence-electron chi connectivity index (χ2n) is 3.82. The van der Waals surface area contributed by atoms with Gasteiger partial charge in [-0.3, -0.25) is 9.67 Å². The molecule has 1 atom stereocenters. The molecule has 0 bridgehead atoms. The van der Waals surface area contributed by atoms with Crippen LogP contribution in [0.1, 0.15) is 32.0 Å². The van der Waals surface area contributed by atoms with Crippen molar-refractivity contribution in [1.82, 2.24) is 14.8 Å². The highest BCUT2D eigenvalue weighted by Gasteiger charge is 2.06. The molecule has 2 rings (SSSR count). The van der Waals surface area contributed by atoms with Gasteiger partial charge in [0.25, 0.3) is 0 Å². The number of nitrogens with zero attached hydrogens (tertiary/aromatic N) is 3. The van der Waals surface area contributed by atoms with Gasteiger partial charge in [0, 0.05) is 18.0 Å². The Labute approximate surface area is 89.1 Å². The molecule has 0 aromatic carbocycles. The molecule has 15 heavy (non-hydrogen) atoms. The van der Waals surface area contributed by atoms with E-state index in [0.29, 0.717) is 0 Å². The third-order valence-electron chi connectivity index (χ3n) is 2.45. The van der Waals surface area contributed by atoms with Crippen LogP contribution in [0.3, 0.4) is 0 Å². The molecule has 2 aromatic heterocycles. The Morgan fingerprint density at radius 2 is 2.27 bits per heavy atom. The summed E-state index contributed by atoms with van der Waals surface area (Å²) in [5, 5.41) is 5.44. The minimum Gasteiger partial charge on any atom is -0.323 e. The lowest BCUT2D eigenvalue weighted by Crippen LogP contribution is -2.07. The quantitative estimate of drug-likeness (QED) is 0.830. The molecule has 2 heterocycles. The number of aromatic nitrogens is 3. The number of hydrogen-bond acceptors (Lipinski definition) is 3. The van der Waals surface area contributed by atoms with E-state index in [9.17, 15) is 0 Å². The average Bonchev–Trinajstić information content (AvgIpc) is 2.61. The van der Waals surface area contributed by atoms with E-state index < -0.39 is 0 Å². The summed E-state index contributed by atoms with van der Waals surface area (Å²) in [4.78, 5) is 4.34. The van der Waals surface area contributed by atoms with Crippen LogP contribution >= 0.6 is 0 Å². The molecule has 0 aliphatic rings. The van der Waals surface area contributed by atoms with Gasteiger partial charge in [-0.25, -0.2) is 0 Å². The summed E-state index contributed by atoms with van der Waals surface area (Å²) in [6, 6.07) is 1.99. The van der Waals surface area contributed by atoms with Crippen LogP contribution in [0.5, 0.6) is 0 Å². The fourth-order valence-electron chi connectivity index (χ4n) is 1.63. The first kappa shape index (κ1) is 10.1. The van der Waals surface area contributed by atoms with Gasteiger partial charge >= 0.3 is 0 Å². The van der Waals surface area contributed by atoms with Gasteiger partial charge in [-0.2, -0.15) is 5.10 Å². The van der Waals surface area contributed by atoms with E-state index in [-0.39, 0.29) is 6.04 Å². The van der Waals surface area contributed by atoms with Crippen molar-refractivity contribution in [3.8, 4) is 0 Å². The molecule has 0 spiro atoms. The molecule has 0 saturated carbocycles. The van der Waals surface area contributed by atoms with Gasteiger partial charge in [-0.1, -0.05) is 6.92 Å². The first-order valence-electron chi connectivity index (χ1n) is 5.29. The molecule has 0 unspecified atom stereocenters. The fraction of sp³-hybridized carbons (Fsp3) is 0.455. The third kappa shape index (κ3) is 1.85. The van der Waals surface area contributed by atoms with Crippen LogP contribution in [-0.2, 0) is 6.54 Å². The molecule has 4 heteroatoms. The molecule has 0 radical (unpaired) electrons. The van der Waals surface area contributed by atoms with Crippen molar-refractivity contribution >= 4 is 10.9 Å². The van der Waals surface area contributed by atoms with E-state index in [4.69, 9.17) is 5.73 Å². The first-order chi connectivity index (χ1) is 7.22. The summed E-state index contributed by atoms with van der Waals surface area (Å²) in [5.74, 6) is 0. The largest absolute Gasteiger partial charge is 0.323 e. The first-order valence-corrected chi connectivity index (χ1v) is 5.29. The Kier molecular flexibility index (Phi) is 2.68. The zero-order valence-corrected chi connectivity index (χ0v) is 9.14. The molecule has 0 aliphatic carbocycles. The summed E-state index contributed by atoms with van der Waals surface area (Å²) >= 11 is 0. The Hall–Kier alpha value is -1.42. The SMILES string of the molecule is CCCn1ncc2cc([C@@H](C)N)ncc21. The normalized spacial score (nSPS) is 13.3. The monoisotopic (exact) mass is 204 g/mol. The topological polar surface area (TPSA) is 56.7 Å². The van der Waals surface area contributed by atoms with Crippen molar-refractivity contribution in [1.29, 1.82) is 0 Å². The van der Waals surface area contributed by atoms with Gasteiger partial charge in [-0.05, 0) is 19.4 Å². The van der Waals surface area contributed by atoms with Crippen molar-refractivity contribution in [3.63, 3.8) is 0 Å². The summed E-state index contributed by atoms with van der Waals surface area (Å²) in [7, 11) is 0. The molecule has 2 aromatic rings. The Balaban J connectivity index is 2.47. The third-order valence-corrected chi connectivity index (χ3v) is 2.45. The Bertz CT molecular complexity index is 459. The Morgan fingerprint density at radius 3 is 2.93 bits per heavy atom. The Morgan fingerprint density at radius 1 is 1.47 bits per heavy atom. The van der Waals surface area contributed by atoms with E-state index in [2.05, 4.69) is 17.0 Å². The average molecular weight is 204 g/mol. The number of rotatable bonds is 3. The van der Waals surface area contributed by atoms with Crippen LogP contribution < -0.4 is 5.73 Å². The summed E-state index contributed by atoms with van der Waals surface area (Å²) in [6.45, 7) is 5.00. The van der Waals surface area contributed by atoms with E-state index in [1.807, 2.05) is 30.1 Å². The predicted molar refractivity (Wildman–Crippen MR) is 60.4 cm³/mol. The molecular formula is C11H16N4. The van der Waals surface area contributed by atoms with Crippen LogP contribution in [0.25, 0.3) is 10.9 Å². The van der Waals surface area contributed by atoms with Crippen LogP contribution in [-0.4, -0.2) is 14.8 Å². The van der Waals surface area contributed by atoms with Gasteiger partial charge in [-0.15, -0.1) is 0 Å². The minimum absolute atomic E-state index is 0.0241. The number of aryl methyl sites for hydroxylation is 1. The highest BCUT2D eigenvalue weighted by molar-refractivity contribution is 5.78. The maximum atomic E-state index is 5.78. The smallest absolute Gasteiger partial charge is 0.0865 e. The van der Waals surface area contributed by atoms with Gasteiger partial charge in [0.2, 0.25) is 0 Å². The number of fused-ring (bicyclic) bond motifs is 1. The standard InChI is InChI=1S/C11H16N4/c1-3-4-15-11-7-13-10(8(2)12)5-9(11)6-14-15/h5-8H,3-4,12H2,1-2H3/t8-/m1/s1. The molecule has 0 aliphatic heterocycles. The zero-order chi connectivity index (χ0) is 10.8. The van der Waals surface area contributed by atoms with Gasteiger partial charge in [0.1, 0.15) is 0 Å². The van der Waals surface area contributed by atoms with E-state index >= 15 is 0 Å². The molecule has 0 saturated heterocycles. The molecule has 0 fully saturated rings. The lowest BCUT2D eigenvalue weighted by atomic mass is 10.2. The maximum Gasteiger partial charge on any atom is 0.0865 e. The van der Waals surface area contributed by atoms with Gasteiger partial charge in [0.15, 0.2) is 0 Å². The summed E-state index contributed by atoms with van der Waals surface area (Å²) in [6.07, 6.45) is 4.81. The molecule has 4 nitrogen and oxygen atoms in total. The lowest BCUT2D eigenvalue weighted by Gasteiger charge is -2.04. The highest BCUT2D eigenvalue weighted by Crippen LogP contribution is 2.16. The molecule has 80 valence electrons. The summed E-state index contributed by atoms with van der Waals surface area (Å²) < 4.78 is 1.98. The predicted octanol–water partition coefficient (Wildman–Crippen LogP) is 1.86. The number of hydrogen-bond donors (Lipinski definition) is 1. The van der Waals surface area contributed by atoms with Crippen LogP contribution in [0.15, 0.2) is 18.5 Å². The second-order valence-corrected chi connectivity index (χ2v) is 3.82. The van der Waals surface area contributed by atoms with E-state index in [1.165, 1.54) is 0 Å². The van der Waals surface area contributed by atoms with Crippen LogP contribution in [0.2, 0.25) is 0 Å². The fourth-order valence-corrected chi connectivity index (χ4v) is 1.63. The molecule has 2 N–H and O–H groups in total. The van der Waals surface area contributed by atoms with Crippen molar-refractivity contribution in [3.05, 3.63) is 24.2 Å². The van der Waals surface area contributed by atoms with E-state index in [1.54, 1.807) is 0 Å². The number of pyridine rings is 1. The lowest BCUT2D eigenvalue weighted by molar-refractivity contribution is 0.621. The summed E-state index contributed by atoms with van der Waals surface area (Å²) in [5.41, 5.74) is 7.78. The minimum atomic E-state index is -0.0241. The van der Waals surface area contributed by atoms with Gasteiger partial charge in [0.05, 0.1) is 23.6 Å². The second kappa shape index (κ2) is 3.98.